The number of aliphatic hydroxyl groups is 1. The molecule has 1 unspecified atom stereocenters. The molecular weight excluding hydrogens is 274 g/mol. The molecule has 122 valence electrons. The van der Waals surface area contributed by atoms with Crippen LogP contribution in [0.5, 0.6) is 0 Å². The summed E-state index contributed by atoms with van der Waals surface area (Å²) in [5.41, 5.74) is -0.184. The summed E-state index contributed by atoms with van der Waals surface area (Å²) in [4.78, 5) is 22.8. The molecule has 0 spiro atoms. The molecule has 1 atom stereocenters. The molecule has 21 heavy (non-hydrogen) atoms. The minimum Gasteiger partial charge on any atom is -0.464 e. The van der Waals surface area contributed by atoms with Gasteiger partial charge in [-0.25, -0.2) is 4.79 Å². The van der Waals surface area contributed by atoms with Crippen molar-refractivity contribution in [3.05, 3.63) is 12.2 Å². The van der Waals surface area contributed by atoms with Crippen molar-refractivity contribution in [2.24, 2.45) is 5.41 Å². The molecule has 6 nitrogen and oxygen atoms in total. The van der Waals surface area contributed by atoms with Crippen LogP contribution in [-0.2, 0) is 19.1 Å². The van der Waals surface area contributed by atoms with Gasteiger partial charge in [0.15, 0.2) is 0 Å². The van der Waals surface area contributed by atoms with E-state index in [4.69, 9.17) is 9.47 Å². The van der Waals surface area contributed by atoms with Crippen LogP contribution in [0.3, 0.4) is 0 Å². The Balaban J connectivity index is 3.70. The highest BCUT2D eigenvalue weighted by molar-refractivity contribution is 5.86. The first-order valence-electron chi connectivity index (χ1n) is 7.09. The lowest BCUT2D eigenvalue weighted by molar-refractivity contribution is -0.154. The summed E-state index contributed by atoms with van der Waals surface area (Å²) in [7, 11) is 0. The Labute approximate surface area is 126 Å². The summed E-state index contributed by atoms with van der Waals surface area (Å²) in [6, 6.07) is 0. The van der Waals surface area contributed by atoms with Crippen molar-refractivity contribution in [2.45, 2.75) is 40.2 Å². The SMILES string of the molecule is C=C(C)C(=O)OCC(O)CNCCOC(=O)C(C)(C)CC. The number of nitrogens with one attached hydrogen (secondary N) is 1. The van der Waals surface area contributed by atoms with E-state index in [1.807, 2.05) is 20.8 Å². The molecule has 0 rings (SSSR count). The van der Waals surface area contributed by atoms with E-state index in [0.29, 0.717) is 18.5 Å². The zero-order chi connectivity index (χ0) is 16.5. The van der Waals surface area contributed by atoms with E-state index in [1.54, 1.807) is 6.92 Å². The van der Waals surface area contributed by atoms with Crippen LogP contribution in [-0.4, -0.2) is 49.5 Å². The number of aliphatic hydroxyl groups excluding tert-OH is 1. The van der Waals surface area contributed by atoms with Crippen LogP contribution >= 0.6 is 0 Å². The molecule has 0 aliphatic rings. The fourth-order valence-corrected chi connectivity index (χ4v) is 1.18. The fourth-order valence-electron chi connectivity index (χ4n) is 1.18. The van der Waals surface area contributed by atoms with Gasteiger partial charge >= 0.3 is 11.9 Å². The van der Waals surface area contributed by atoms with Gasteiger partial charge in [0.05, 0.1) is 5.41 Å². The molecule has 0 aromatic carbocycles. The van der Waals surface area contributed by atoms with Gasteiger partial charge in [-0.1, -0.05) is 13.5 Å². The summed E-state index contributed by atoms with van der Waals surface area (Å²) in [6.45, 7) is 11.4. The summed E-state index contributed by atoms with van der Waals surface area (Å²) in [5.74, 6) is -0.757. The molecule has 2 N–H and O–H groups in total. The third-order valence-electron chi connectivity index (χ3n) is 3.08. The third kappa shape index (κ3) is 8.47. The summed E-state index contributed by atoms with van der Waals surface area (Å²) in [6.07, 6.45) is -0.0948. The molecule has 0 aromatic heterocycles. The molecule has 0 bridgehead atoms. The standard InChI is InChI=1S/C15H27NO5/c1-6-15(4,5)14(19)20-8-7-16-9-12(17)10-21-13(18)11(2)3/h12,16-17H,2,6-10H2,1,3-5H3. The largest absolute Gasteiger partial charge is 0.464 e. The van der Waals surface area contributed by atoms with Crippen molar-refractivity contribution in [1.29, 1.82) is 0 Å². The van der Waals surface area contributed by atoms with E-state index < -0.39 is 17.5 Å². The Morgan fingerprint density at radius 3 is 2.48 bits per heavy atom. The quantitative estimate of drug-likeness (QED) is 0.356. The zero-order valence-corrected chi connectivity index (χ0v) is 13.4. The average Bonchev–Trinajstić information content (AvgIpc) is 2.43. The van der Waals surface area contributed by atoms with E-state index in [-0.39, 0.29) is 25.7 Å². The van der Waals surface area contributed by atoms with Crippen molar-refractivity contribution in [3.63, 3.8) is 0 Å². The van der Waals surface area contributed by atoms with Crippen molar-refractivity contribution in [3.8, 4) is 0 Å². The maximum absolute atomic E-state index is 11.7. The summed E-state index contributed by atoms with van der Waals surface area (Å²) < 4.78 is 9.94. The molecule has 0 aliphatic heterocycles. The smallest absolute Gasteiger partial charge is 0.333 e. The number of carbonyl (C=O) groups excluding carboxylic acids is 2. The van der Waals surface area contributed by atoms with Crippen LogP contribution < -0.4 is 5.32 Å². The van der Waals surface area contributed by atoms with E-state index in [0.717, 1.165) is 0 Å². The predicted molar refractivity (Wildman–Crippen MR) is 79.7 cm³/mol. The third-order valence-corrected chi connectivity index (χ3v) is 3.08. The molecule has 0 radical (unpaired) electrons. The molecule has 0 amide bonds. The van der Waals surface area contributed by atoms with Crippen molar-refractivity contribution < 1.29 is 24.2 Å². The molecule has 0 fully saturated rings. The number of carbonyl (C=O) groups is 2. The fraction of sp³-hybridized carbons (Fsp3) is 0.733. The summed E-state index contributed by atoms with van der Waals surface area (Å²) in [5, 5.41) is 12.5. The minimum atomic E-state index is -0.809. The lowest BCUT2D eigenvalue weighted by Crippen LogP contribution is -2.34. The van der Waals surface area contributed by atoms with Crippen LogP contribution in [0.25, 0.3) is 0 Å². The highest BCUT2D eigenvalue weighted by atomic mass is 16.5. The Morgan fingerprint density at radius 1 is 1.33 bits per heavy atom. The van der Waals surface area contributed by atoms with Crippen LogP contribution in [0.2, 0.25) is 0 Å². The second kappa shape index (κ2) is 9.52. The number of ether oxygens (including phenoxy) is 2. The van der Waals surface area contributed by atoms with E-state index in [1.165, 1.54) is 0 Å². The second-order valence-electron chi connectivity index (χ2n) is 5.61. The van der Waals surface area contributed by atoms with Gasteiger partial charge in [-0.05, 0) is 27.2 Å². The van der Waals surface area contributed by atoms with Crippen molar-refractivity contribution in [1.82, 2.24) is 5.32 Å². The zero-order valence-electron chi connectivity index (χ0n) is 13.4. The van der Waals surface area contributed by atoms with Gasteiger partial charge in [0, 0.05) is 18.7 Å². The predicted octanol–water partition coefficient (Wildman–Crippen LogP) is 1.04. The van der Waals surface area contributed by atoms with Crippen LogP contribution in [0.15, 0.2) is 12.2 Å². The lowest BCUT2D eigenvalue weighted by Gasteiger charge is -2.20. The van der Waals surface area contributed by atoms with E-state index >= 15 is 0 Å². The molecule has 6 heteroatoms. The second-order valence-corrected chi connectivity index (χ2v) is 5.61. The molecule has 0 saturated heterocycles. The maximum atomic E-state index is 11.7. The first-order valence-corrected chi connectivity index (χ1v) is 7.09. The van der Waals surface area contributed by atoms with Gasteiger partial charge in [-0.2, -0.15) is 0 Å². The van der Waals surface area contributed by atoms with Gasteiger partial charge in [-0.15, -0.1) is 0 Å². The highest BCUT2D eigenvalue weighted by Gasteiger charge is 2.26. The molecule has 0 aliphatic carbocycles. The normalized spacial score (nSPS) is 12.6. The topological polar surface area (TPSA) is 84.9 Å². The van der Waals surface area contributed by atoms with Gasteiger partial charge in [-0.3, -0.25) is 4.79 Å². The Kier molecular flexibility index (Phi) is 8.89. The molecule has 0 saturated carbocycles. The van der Waals surface area contributed by atoms with Crippen LogP contribution in [0.1, 0.15) is 34.1 Å². The van der Waals surface area contributed by atoms with Crippen LogP contribution in [0, 0.1) is 5.41 Å². The number of esters is 2. The van der Waals surface area contributed by atoms with Gasteiger partial charge in [0.2, 0.25) is 0 Å². The Bertz CT molecular complexity index is 365. The Morgan fingerprint density at radius 2 is 1.95 bits per heavy atom. The number of rotatable bonds is 10. The molecule has 0 aromatic rings. The first-order chi connectivity index (χ1) is 9.70. The maximum Gasteiger partial charge on any atom is 0.333 e. The molecule has 0 heterocycles. The Hall–Kier alpha value is -1.40. The van der Waals surface area contributed by atoms with Crippen LogP contribution in [0.4, 0.5) is 0 Å². The van der Waals surface area contributed by atoms with Crippen molar-refractivity contribution >= 4 is 11.9 Å². The monoisotopic (exact) mass is 301 g/mol. The van der Waals surface area contributed by atoms with E-state index in [9.17, 15) is 14.7 Å². The lowest BCUT2D eigenvalue weighted by atomic mass is 9.91. The average molecular weight is 301 g/mol. The van der Waals surface area contributed by atoms with Gasteiger partial charge < -0.3 is 19.9 Å². The van der Waals surface area contributed by atoms with Gasteiger partial charge in [0.25, 0.3) is 0 Å². The number of hydrogen-bond acceptors (Lipinski definition) is 6. The van der Waals surface area contributed by atoms with E-state index in [2.05, 4.69) is 11.9 Å². The van der Waals surface area contributed by atoms with Gasteiger partial charge in [0.1, 0.15) is 19.3 Å². The van der Waals surface area contributed by atoms with Crippen molar-refractivity contribution in [2.75, 3.05) is 26.3 Å². The first kappa shape index (κ1) is 19.6. The number of hydrogen-bond donors (Lipinski definition) is 2. The summed E-state index contributed by atoms with van der Waals surface area (Å²) >= 11 is 0. The highest BCUT2D eigenvalue weighted by Crippen LogP contribution is 2.21. The minimum absolute atomic E-state index is 0.0959. The molecular formula is C15H27NO5.